The van der Waals surface area contributed by atoms with Gasteiger partial charge in [0.05, 0.1) is 13.7 Å². The van der Waals surface area contributed by atoms with Gasteiger partial charge in [0.25, 0.3) is 5.91 Å². The highest BCUT2D eigenvalue weighted by Gasteiger charge is 2.33. The molecule has 1 atom stereocenters. The number of methoxy groups -OCH3 is 1. The summed E-state index contributed by atoms with van der Waals surface area (Å²) in [5.41, 5.74) is 2.06. The van der Waals surface area contributed by atoms with Crippen LogP contribution < -0.4 is 14.2 Å². The molecular formula is C20H21NO4. The van der Waals surface area contributed by atoms with Crippen LogP contribution in [0, 0.1) is 0 Å². The van der Waals surface area contributed by atoms with Crippen molar-refractivity contribution in [2.45, 2.75) is 25.5 Å². The molecule has 2 aromatic carbocycles. The van der Waals surface area contributed by atoms with Crippen molar-refractivity contribution < 1.29 is 19.0 Å². The number of hydrogen-bond acceptors (Lipinski definition) is 4. The molecule has 130 valence electrons. The zero-order valence-corrected chi connectivity index (χ0v) is 14.2. The first-order chi connectivity index (χ1) is 12.3. The normalized spacial score (nSPS) is 18.9. The zero-order valence-electron chi connectivity index (χ0n) is 14.2. The van der Waals surface area contributed by atoms with Gasteiger partial charge in [-0.3, -0.25) is 4.79 Å². The number of ether oxygens (including phenoxy) is 3. The molecule has 2 aliphatic heterocycles. The molecule has 5 heteroatoms. The van der Waals surface area contributed by atoms with E-state index in [4.69, 9.17) is 14.2 Å². The number of amides is 1. The van der Waals surface area contributed by atoms with Gasteiger partial charge in [-0.05, 0) is 24.1 Å². The third-order valence-electron chi connectivity index (χ3n) is 4.69. The highest BCUT2D eigenvalue weighted by atomic mass is 16.5. The van der Waals surface area contributed by atoms with E-state index in [1.807, 2.05) is 47.4 Å². The number of rotatable bonds is 2. The van der Waals surface area contributed by atoms with Crippen molar-refractivity contribution in [3.63, 3.8) is 0 Å². The molecule has 1 unspecified atom stereocenters. The average Bonchev–Trinajstić information content (AvgIpc) is 3.05. The smallest absolute Gasteiger partial charge is 0.264 e. The SMILES string of the molecule is COc1cccc2c1OCCCN(C(=O)C1Cc3ccccc3O1)C2. The van der Waals surface area contributed by atoms with Crippen LogP contribution in [0.2, 0.25) is 0 Å². The third-order valence-corrected chi connectivity index (χ3v) is 4.69. The van der Waals surface area contributed by atoms with Gasteiger partial charge in [0.15, 0.2) is 17.6 Å². The number of fused-ring (bicyclic) bond motifs is 2. The molecule has 0 spiro atoms. The lowest BCUT2D eigenvalue weighted by Gasteiger charge is -2.29. The Bertz CT molecular complexity index is 764. The van der Waals surface area contributed by atoms with Gasteiger partial charge in [-0.25, -0.2) is 0 Å². The van der Waals surface area contributed by atoms with Crippen LogP contribution in [0.25, 0.3) is 0 Å². The molecule has 25 heavy (non-hydrogen) atoms. The number of carbonyl (C=O) groups excluding carboxylic acids is 1. The molecule has 2 aliphatic rings. The highest BCUT2D eigenvalue weighted by molar-refractivity contribution is 5.82. The summed E-state index contributed by atoms with van der Waals surface area (Å²) in [6.45, 7) is 1.72. The van der Waals surface area contributed by atoms with Crippen molar-refractivity contribution in [1.82, 2.24) is 4.90 Å². The van der Waals surface area contributed by atoms with Gasteiger partial charge in [0.2, 0.25) is 0 Å². The second-order valence-electron chi connectivity index (χ2n) is 6.33. The van der Waals surface area contributed by atoms with Crippen molar-refractivity contribution >= 4 is 5.91 Å². The maximum absolute atomic E-state index is 13.0. The van der Waals surface area contributed by atoms with Crippen LogP contribution in [0.4, 0.5) is 0 Å². The van der Waals surface area contributed by atoms with E-state index in [2.05, 4.69) is 0 Å². The average molecular weight is 339 g/mol. The van der Waals surface area contributed by atoms with Crippen LogP contribution in [0.15, 0.2) is 42.5 Å². The fraction of sp³-hybridized carbons (Fsp3) is 0.350. The Morgan fingerprint density at radius 3 is 2.84 bits per heavy atom. The van der Waals surface area contributed by atoms with Crippen LogP contribution in [-0.4, -0.2) is 37.2 Å². The predicted molar refractivity (Wildman–Crippen MR) is 93.1 cm³/mol. The van der Waals surface area contributed by atoms with Gasteiger partial charge >= 0.3 is 0 Å². The summed E-state index contributed by atoms with van der Waals surface area (Å²) in [5, 5.41) is 0. The van der Waals surface area contributed by atoms with E-state index in [1.54, 1.807) is 7.11 Å². The topological polar surface area (TPSA) is 48.0 Å². The summed E-state index contributed by atoms with van der Waals surface area (Å²) in [7, 11) is 1.63. The van der Waals surface area contributed by atoms with Gasteiger partial charge in [-0.1, -0.05) is 30.3 Å². The predicted octanol–water partition coefficient (Wildman–Crippen LogP) is 2.81. The van der Waals surface area contributed by atoms with Crippen LogP contribution in [0.3, 0.4) is 0 Å². The first-order valence-corrected chi connectivity index (χ1v) is 8.58. The van der Waals surface area contributed by atoms with E-state index < -0.39 is 6.10 Å². The fourth-order valence-electron chi connectivity index (χ4n) is 3.44. The molecule has 0 aliphatic carbocycles. The summed E-state index contributed by atoms with van der Waals surface area (Å²) in [6, 6.07) is 13.6. The van der Waals surface area contributed by atoms with E-state index in [1.165, 1.54) is 0 Å². The maximum Gasteiger partial charge on any atom is 0.264 e. The Balaban J connectivity index is 1.55. The number of benzene rings is 2. The summed E-state index contributed by atoms with van der Waals surface area (Å²) in [6.07, 6.45) is 0.974. The number of para-hydroxylation sites is 2. The summed E-state index contributed by atoms with van der Waals surface area (Å²) in [5.74, 6) is 2.29. The number of carbonyl (C=O) groups is 1. The third kappa shape index (κ3) is 3.02. The lowest BCUT2D eigenvalue weighted by Crippen LogP contribution is -2.42. The molecule has 4 rings (SSSR count). The summed E-state index contributed by atoms with van der Waals surface area (Å²) in [4.78, 5) is 14.9. The zero-order chi connectivity index (χ0) is 17.2. The van der Waals surface area contributed by atoms with Gasteiger partial charge in [0, 0.05) is 25.1 Å². The minimum absolute atomic E-state index is 0.0341. The molecule has 0 saturated heterocycles. The molecule has 1 amide bonds. The lowest BCUT2D eigenvalue weighted by molar-refractivity contribution is -0.138. The Morgan fingerprint density at radius 1 is 1.16 bits per heavy atom. The van der Waals surface area contributed by atoms with E-state index in [0.717, 1.165) is 29.0 Å². The second-order valence-corrected chi connectivity index (χ2v) is 6.33. The molecule has 0 radical (unpaired) electrons. The van der Waals surface area contributed by atoms with Crippen molar-refractivity contribution in [1.29, 1.82) is 0 Å². The first kappa shape index (κ1) is 15.8. The standard InChI is InChI=1S/C20H21NO4/c1-23-17-9-4-7-15-13-21(10-5-11-24-19(15)17)20(22)18-12-14-6-2-3-8-16(14)25-18/h2-4,6-9,18H,5,10-13H2,1H3. The van der Waals surface area contributed by atoms with Gasteiger partial charge in [-0.15, -0.1) is 0 Å². The maximum atomic E-state index is 13.0. The van der Waals surface area contributed by atoms with Gasteiger partial charge in [-0.2, -0.15) is 0 Å². The lowest BCUT2D eigenvalue weighted by atomic mass is 10.1. The first-order valence-electron chi connectivity index (χ1n) is 8.58. The quantitative estimate of drug-likeness (QED) is 0.844. The molecule has 0 N–H and O–H groups in total. The largest absolute Gasteiger partial charge is 0.493 e. The van der Waals surface area contributed by atoms with Crippen LogP contribution in [-0.2, 0) is 17.8 Å². The van der Waals surface area contributed by atoms with E-state index in [9.17, 15) is 4.79 Å². The number of hydrogen-bond donors (Lipinski definition) is 0. The Kier molecular flexibility index (Phi) is 4.22. The van der Waals surface area contributed by atoms with Crippen molar-refractivity contribution in [2.24, 2.45) is 0 Å². The molecular weight excluding hydrogens is 318 g/mol. The molecule has 0 aromatic heterocycles. The van der Waals surface area contributed by atoms with Crippen LogP contribution in [0.5, 0.6) is 17.2 Å². The fourth-order valence-corrected chi connectivity index (χ4v) is 3.44. The van der Waals surface area contributed by atoms with Crippen LogP contribution in [0.1, 0.15) is 17.5 Å². The van der Waals surface area contributed by atoms with Crippen LogP contribution >= 0.6 is 0 Å². The Morgan fingerprint density at radius 2 is 2.00 bits per heavy atom. The second kappa shape index (κ2) is 6.67. The van der Waals surface area contributed by atoms with Crippen molar-refractivity contribution in [3.05, 3.63) is 53.6 Å². The molecule has 2 heterocycles. The summed E-state index contributed by atoms with van der Waals surface area (Å²) < 4.78 is 17.1. The molecule has 0 fully saturated rings. The van der Waals surface area contributed by atoms with E-state index >= 15 is 0 Å². The molecule has 0 bridgehead atoms. The Labute approximate surface area is 147 Å². The number of nitrogens with zero attached hydrogens (tertiary/aromatic N) is 1. The highest BCUT2D eigenvalue weighted by Crippen LogP contribution is 2.34. The van der Waals surface area contributed by atoms with Crippen molar-refractivity contribution in [2.75, 3.05) is 20.3 Å². The molecule has 5 nitrogen and oxygen atoms in total. The summed E-state index contributed by atoms with van der Waals surface area (Å²) >= 11 is 0. The minimum atomic E-state index is -0.438. The molecule has 0 saturated carbocycles. The van der Waals surface area contributed by atoms with E-state index in [-0.39, 0.29) is 5.91 Å². The van der Waals surface area contributed by atoms with E-state index in [0.29, 0.717) is 31.9 Å². The van der Waals surface area contributed by atoms with Crippen molar-refractivity contribution in [3.8, 4) is 17.2 Å². The molecule has 2 aromatic rings. The van der Waals surface area contributed by atoms with Gasteiger partial charge < -0.3 is 19.1 Å². The Hall–Kier alpha value is -2.69. The monoisotopic (exact) mass is 339 g/mol. The van der Waals surface area contributed by atoms with Gasteiger partial charge in [0.1, 0.15) is 5.75 Å². The minimum Gasteiger partial charge on any atom is -0.493 e.